The summed E-state index contributed by atoms with van der Waals surface area (Å²) in [4.78, 5) is 37.4. The zero-order valence-corrected chi connectivity index (χ0v) is 19.5. The van der Waals surface area contributed by atoms with Gasteiger partial charge in [0.1, 0.15) is 0 Å². The lowest BCUT2D eigenvalue weighted by Crippen LogP contribution is -2.34. The maximum atomic E-state index is 12.4. The summed E-state index contributed by atoms with van der Waals surface area (Å²) in [6, 6.07) is 7.51. The Kier molecular flexibility index (Phi) is 9.10. The van der Waals surface area contributed by atoms with Crippen LogP contribution in [0.5, 0.6) is 11.5 Å². The third-order valence-corrected chi connectivity index (χ3v) is 5.33. The van der Waals surface area contributed by atoms with Gasteiger partial charge in [-0.3, -0.25) is 9.59 Å². The molecule has 1 aromatic carbocycles. The van der Waals surface area contributed by atoms with Gasteiger partial charge in [0.05, 0.1) is 18.5 Å². The van der Waals surface area contributed by atoms with E-state index < -0.39 is 24.6 Å². The Morgan fingerprint density at radius 2 is 1.85 bits per heavy atom. The molecule has 178 valence electrons. The van der Waals surface area contributed by atoms with Gasteiger partial charge in [-0.15, -0.1) is 11.3 Å². The second-order valence-electron chi connectivity index (χ2n) is 7.85. The van der Waals surface area contributed by atoms with Gasteiger partial charge in [0, 0.05) is 16.4 Å². The molecule has 0 aliphatic heterocycles. The average molecular weight is 482 g/mol. The van der Waals surface area contributed by atoms with E-state index in [9.17, 15) is 23.2 Å². The lowest BCUT2D eigenvalue weighted by molar-refractivity contribution is -0.136. The van der Waals surface area contributed by atoms with E-state index in [-0.39, 0.29) is 23.2 Å². The lowest BCUT2D eigenvalue weighted by atomic mass is 9.96. The monoisotopic (exact) mass is 481 g/mol. The van der Waals surface area contributed by atoms with Crippen LogP contribution in [-0.2, 0) is 20.9 Å². The van der Waals surface area contributed by atoms with E-state index in [0.29, 0.717) is 17.0 Å². The molecule has 1 amide bonds. The van der Waals surface area contributed by atoms with Crippen molar-refractivity contribution in [3.05, 3.63) is 51.7 Å². The summed E-state index contributed by atoms with van der Waals surface area (Å²) in [6.45, 7) is 2.30. The SMILES string of the molecule is COc1cc(C=CC(=O)OCC(=O)c2ccc(CNC(=O)C(C)(C)C)s2)ccc1OC(F)F. The summed E-state index contributed by atoms with van der Waals surface area (Å²) in [6.07, 6.45) is 2.50. The number of nitrogens with one attached hydrogen (secondary N) is 1. The van der Waals surface area contributed by atoms with Crippen LogP contribution in [-0.4, -0.2) is 38.0 Å². The number of carbonyl (C=O) groups excluding carboxylic acids is 3. The van der Waals surface area contributed by atoms with Crippen LogP contribution in [0.4, 0.5) is 8.78 Å². The first kappa shape index (κ1) is 26.0. The van der Waals surface area contributed by atoms with Crippen LogP contribution in [0.1, 0.15) is 40.9 Å². The smallest absolute Gasteiger partial charge is 0.387 e. The highest BCUT2D eigenvalue weighted by Gasteiger charge is 2.21. The summed E-state index contributed by atoms with van der Waals surface area (Å²) < 4.78 is 39.1. The topological polar surface area (TPSA) is 90.9 Å². The molecule has 1 aromatic heterocycles. The minimum Gasteiger partial charge on any atom is -0.493 e. The van der Waals surface area contributed by atoms with Crippen LogP contribution < -0.4 is 14.8 Å². The number of hydrogen-bond acceptors (Lipinski definition) is 7. The number of hydrogen-bond donors (Lipinski definition) is 1. The van der Waals surface area contributed by atoms with Crippen LogP contribution in [0.25, 0.3) is 6.08 Å². The Morgan fingerprint density at radius 3 is 2.48 bits per heavy atom. The molecule has 33 heavy (non-hydrogen) atoms. The highest BCUT2D eigenvalue weighted by molar-refractivity contribution is 7.14. The van der Waals surface area contributed by atoms with Gasteiger partial charge in [-0.05, 0) is 35.9 Å². The number of benzene rings is 1. The van der Waals surface area contributed by atoms with Crippen molar-refractivity contribution in [3.63, 3.8) is 0 Å². The minimum atomic E-state index is -2.99. The number of amides is 1. The fourth-order valence-electron chi connectivity index (χ4n) is 2.46. The fraction of sp³-hybridized carbons (Fsp3) is 0.348. The number of ether oxygens (including phenoxy) is 3. The van der Waals surface area contributed by atoms with E-state index in [1.807, 2.05) is 20.8 Å². The van der Waals surface area contributed by atoms with Crippen molar-refractivity contribution in [2.45, 2.75) is 33.9 Å². The molecule has 0 saturated carbocycles. The third-order valence-electron chi connectivity index (χ3n) is 4.20. The zero-order chi connectivity index (χ0) is 24.6. The molecule has 0 saturated heterocycles. The fourth-order valence-corrected chi connectivity index (χ4v) is 3.33. The number of rotatable bonds is 10. The van der Waals surface area contributed by atoms with Crippen molar-refractivity contribution in [2.75, 3.05) is 13.7 Å². The second kappa shape index (κ2) is 11.6. The van der Waals surface area contributed by atoms with E-state index in [1.165, 1.54) is 42.7 Å². The van der Waals surface area contributed by atoms with E-state index in [1.54, 1.807) is 12.1 Å². The van der Waals surface area contributed by atoms with Gasteiger partial charge < -0.3 is 19.5 Å². The number of halogens is 2. The van der Waals surface area contributed by atoms with Gasteiger partial charge in [0.25, 0.3) is 0 Å². The number of esters is 1. The Morgan fingerprint density at radius 1 is 1.12 bits per heavy atom. The molecule has 0 aliphatic carbocycles. The largest absolute Gasteiger partial charge is 0.493 e. The van der Waals surface area contributed by atoms with Gasteiger partial charge in [-0.2, -0.15) is 8.78 Å². The first-order valence-corrected chi connectivity index (χ1v) is 10.7. The van der Waals surface area contributed by atoms with Gasteiger partial charge >= 0.3 is 12.6 Å². The second-order valence-corrected chi connectivity index (χ2v) is 9.02. The number of carbonyl (C=O) groups is 3. The van der Waals surface area contributed by atoms with Crippen molar-refractivity contribution in [1.29, 1.82) is 0 Å². The van der Waals surface area contributed by atoms with Crippen molar-refractivity contribution in [2.24, 2.45) is 5.41 Å². The van der Waals surface area contributed by atoms with Gasteiger partial charge in [0.2, 0.25) is 11.7 Å². The molecular weight excluding hydrogens is 456 g/mol. The molecule has 0 radical (unpaired) electrons. The predicted octanol–water partition coefficient (Wildman–Crippen LogP) is 4.46. The molecule has 7 nitrogen and oxygen atoms in total. The number of thiophene rings is 1. The zero-order valence-electron chi connectivity index (χ0n) is 18.6. The number of Topliss-reactive ketones (excluding diaryl/α,β-unsaturated/α-hetero) is 1. The number of methoxy groups -OCH3 is 1. The highest BCUT2D eigenvalue weighted by Crippen LogP contribution is 2.29. The third kappa shape index (κ3) is 8.30. The lowest BCUT2D eigenvalue weighted by Gasteiger charge is -2.17. The van der Waals surface area contributed by atoms with E-state index in [4.69, 9.17) is 9.47 Å². The van der Waals surface area contributed by atoms with E-state index in [0.717, 1.165) is 11.0 Å². The van der Waals surface area contributed by atoms with Crippen molar-refractivity contribution >= 4 is 35.1 Å². The molecule has 0 fully saturated rings. The maximum Gasteiger partial charge on any atom is 0.387 e. The molecule has 0 aliphatic rings. The first-order chi connectivity index (χ1) is 15.5. The minimum absolute atomic E-state index is 0.0770. The molecular formula is C23H25F2NO6S. The van der Waals surface area contributed by atoms with Crippen molar-refractivity contribution in [1.82, 2.24) is 5.32 Å². The Balaban J connectivity index is 1.87. The molecule has 2 aromatic rings. The summed E-state index contributed by atoms with van der Waals surface area (Å²) in [5.74, 6) is -1.27. The average Bonchev–Trinajstić information content (AvgIpc) is 3.23. The van der Waals surface area contributed by atoms with Gasteiger partial charge in [-0.25, -0.2) is 4.79 Å². The molecule has 0 bridgehead atoms. The Bertz CT molecular complexity index is 1030. The van der Waals surface area contributed by atoms with Crippen molar-refractivity contribution < 1.29 is 37.4 Å². The van der Waals surface area contributed by atoms with E-state index >= 15 is 0 Å². The van der Waals surface area contributed by atoms with Crippen LogP contribution in [0, 0.1) is 5.41 Å². The normalized spacial score (nSPS) is 11.5. The standard InChI is InChI=1S/C23H25F2NO6S/c1-23(2,3)21(29)26-12-15-7-9-19(33-15)16(27)13-31-20(28)10-6-14-5-8-17(32-22(24)25)18(11-14)30-4/h5-11,22H,12-13H2,1-4H3,(H,26,29). The number of ketones is 1. The van der Waals surface area contributed by atoms with Gasteiger partial charge in [-0.1, -0.05) is 26.8 Å². The number of alkyl halides is 2. The molecule has 1 N–H and O–H groups in total. The predicted molar refractivity (Wildman–Crippen MR) is 120 cm³/mol. The maximum absolute atomic E-state index is 12.4. The van der Waals surface area contributed by atoms with Crippen molar-refractivity contribution in [3.8, 4) is 11.5 Å². The molecule has 1 heterocycles. The first-order valence-electron chi connectivity index (χ1n) is 9.87. The Hall–Kier alpha value is -3.27. The summed E-state index contributed by atoms with van der Waals surface area (Å²) >= 11 is 1.21. The quantitative estimate of drug-likeness (QED) is 0.306. The highest BCUT2D eigenvalue weighted by atomic mass is 32.1. The van der Waals surface area contributed by atoms with Crippen LogP contribution in [0.3, 0.4) is 0 Å². The van der Waals surface area contributed by atoms with Gasteiger partial charge in [0.15, 0.2) is 18.1 Å². The van der Waals surface area contributed by atoms with Crippen LogP contribution >= 0.6 is 11.3 Å². The van der Waals surface area contributed by atoms with E-state index in [2.05, 4.69) is 10.1 Å². The van der Waals surface area contributed by atoms with Crippen LogP contribution in [0.2, 0.25) is 0 Å². The summed E-state index contributed by atoms with van der Waals surface area (Å²) in [7, 11) is 1.30. The summed E-state index contributed by atoms with van der Waals surface area (Å²) in [5.41, 5.74) is -0.0262. The molecule has 0 spiro atoms. The molecule has 2 rings (SSSR count). The Labute approximate surface area is 194 Å². The molecule has 0 atom stereocenters. The molecule has 10 heteroatoms. The van der Waals surface area contributed by atoms with Crippen LogP contribution in [0.15, 0.2) is 36.4 Å². The molecule has 0 unspecified atom stereocenters. The summed E-state index contributed by atoms with van der Waals surface area (Å²) in [5, 5.41) is 2.81.